The van der Waals surface area contributed by atoms with Crippen LogP contribution in [0.25, 0.3) is 0 Å². The Balaban J connectivity index is 2.55. The van der Waals surface area contributed by atoms with Crippen molar-refractivity contribution in [3.63, 3.8) is 0 Å². The SMILES string of the molecule is CCCCC/C=C\C/C=C\CCCCCCCCCCCCCCCCCC(=O)OC1C(OCC(NC(=O)C(O)CCCCCCCCCCCCCCCCCCCC)C(O)/C=C/CCCCCCCCCCCCC)OC(CO)C(O)C1O. The molecule has 1 fully saturated rings. The van der Waals surface area contributed by atoms with E-state index in [1.807, 2.05) is 6.08 Å². The predicted molar refractivity (Wildman–Crippen MR) is 357 cm³/mol. The lowest BCUT2D eigenvalue weighted by Gasteiger charge is -2.41. The first-order valence-electron chi connectivity index (χ1n) is 36.8. The summed E-state index contributed by atoms with van der Waals surface area (Å²) in [4.78, 5) is 26.7. The zero-order valence-electron chi connectivity index (χ0n) is 55.8. The van der Waals surface area contributed by atoms with Crippen molar-refractivity contribution in [2.45, 2.75) is 410 Å². The van der Waals surface area contributed by atoms with Gasteiger partial charge in [0.05, 0.1) is 25.4 Å². The van der Waals surface area contributed by atoms with E-state index in [0.29, 0.717) is 19.3 Å². The molecule has 500 valence electrons. The smallest absolute Gasteiger partial charge is 0.306 e. The maximum Gasteiger partial charge on any atom is 0.306 e. The first-order chi connectivity index (χ1) is 41.7. The Morgan fingerprint density at radius 3 is 1.22 bits per heavy atom. The number of hydrogen-bond donors (Lipinski definition) is 6. The molecule has 1 aliphatic heterocycles. The van der Waals surface area contributed by atoms with Gasteiger partial charge in [-0.1, -0.05) is 333 Å². The number of carbonyl (C=O) groups excluding carboxylic acids is 2. The van der Waals surface area contributed by atoms with Crippen molar-refractivity contribution in [1.82, 2.24) is 5.32 Å². The largest absolute Gasteiger partial charge is 0.454 e. The highest BCUT2D eigenvalue weighted by Gasteiger charge is 2.47. The number of nitrogens with one attached hydrogen (secondary N) is 1. The van der Waals surface area contributed by atoms with E-state index < -0.39 is 67.4 Å². The highest BCUT2D eigenvalue weighted by molar-refractivity contribution is 5.80. The second-order valence-electron chi connectivity index (χ2n) is 25.7. The second kappa shape index (κ2) is 62.1. The Bertz CT molecular complexity index is 1520. The third kappa shape index (κ3) is 49.4. The van der Waals surface area contributed by atoms with Crippen LogP contribution in [0.15, 0.2) is 36.5 Å². The summed E-state index contributed by atoms with van der Waals surface area (Å²) in [6.07, 6.45) is 66.1. The Hall–Kier alpha value is -2.12. The highest BCUT2D eigenvalue weighted by Crippen LogP contribution is 2.27. The quantitative estimate of drug-likeness (QED) is 0.0195. The molecule has 1 heterocycles. The maximum atomic E-state index is 13.5. The summed E-state index contributed by atoms with van der Waals surface area (Å²) >= 11 is 0. The van der Waals surface area contributed by atoms with E-state index >= 15 is 0 Å². The molecule has 0 radical (unpaired) electrons. The Morgan fingerprint density at radius 2 is 0.812 bits per heavy atom. The minimum Gasteiger partial charge on any atom is -0.454 e. The summed E-state index contributed by atoms with van der Waals surface area (Å²) in [6.45, 7) is 5.83. The normalized spacial score (nSPS) is 18.5. The highest BCUT2D eigenvalue weighted by atomic mass is 16.7. The summed E-state index contributed by atoms with van der Waals surface area (Å²) in [7, 11) is 0. The van der Waals surface area contributed by atoms with E-state index in [1.54, 1.807) is 6.08 Å². The molecule has 1 amide bonds. The summed E-state index contributed by atoms with van der Waals surface area (Å²) in [5.74, 6) is -1.18. The van der Waals surface area contributed by atoms with Crippen molar-refractivity contribution in [2.24, 2.45) is 0 Å². The van der Waals surface area contributed by atoms with E-state index in [0.717, 1.165) is 64.2 Å². The number of unbranched alkanes of at least 4 members (excludes halogenated alkanes) is 46. The average Bonchev–Trinajstić information content (AvgIpc) is 3.34. The van der Waals surface area contributed by atoms with Crippen LogP contribution >= 0.6 is 0 Å². The number of aliphatic hydroxyl groups excluding tert-OH is 5. The second-order valence-corrected chi connectivity index (χ2v) is 25.7. The minimum atomic E-state index is -1.61. The molecule has 85 heavy (non-hydrogen) atoms. The molecule has 1 saturated heterocycles. The van der Waals surface area contributed by atoms with Gasteiger partial charge in [0.2, 0.25) is 5.91 Å². The van der Waals surface area contributed by atoms with Gasteiger partial charge in [0.1, 0.15) is 24.4 Å². The molecule has 0 aromatic carbocycles. The average molecular weight is 1200 g/mol. The first kappa shape index (κ1) is 80.9. The molecular formula is C74H139NO10. The zero-order valence-corrected chi connectivity index (χ0v) is 55.8. The lowest BCUT2D eigenvalue weighted by molar-refractivity contribution is -0.305. The molecule has 1 rings (SSSR count). The molecule has 1 aliphatic rings. The molecular weight excluding hydrogens is 1060 g/mol. The molecule has 8 atom stereocenters. The number of allylic oxidation sites excluding steroid dienone is 5. The zero-order chi connectivity index (χ0) is 61.7. The van der Waals surface area contributed by atoms with E-state index in [-0.39, 0.29) is 13.0 Å². The lowest BCUT2D eigenvalue weighted by Crippen LogP contribution is -2.61. The van der Waals surface area contributed by atoms with Crippen LogP contribution in [0.3, 0.4) is 0 Å². The minimum absolute atomic E-state index is 0.127. The summed E-state index contributed by atoms with van der Waals surface area (Å²) in [5.41, 5.74) is 0. The number of amides is 1. The van der Waals surface area contributed by atoms with Gasteiger partial charge in [-0.3, -0.25) is 9.59 Å². The van der Waals surface area contributed by atoms with E-state index in [2.05, 4.69) is 50.4 Å². The number of aliphatic hydroxyl groups is 5. The van der Waals surface area contributed by atoms with Gasteiger partial charge in [-0.15, -0.1) is 0 Å². The number of esters is 1. The van der Waals surface area contributed by atoms with Crippen LogP contribution in [0.2, 0.25) is 0 Å². The van der Waals surface area contributed by atoms with Crippen LogP contribution in [-0.4, -0.2) is 99.6 Å². The van der Waals surface area contributed by atoms with Crippen LogP contribution in [0.4, 0.5) is 0 Å². The fourth-order valence-corrected chi connectivity index (χ4v) is 11.7. The van der Waals surface area contributed by atoms with Crippen molar-refractivity contribution in [2.75, 3.05) is 13.2 Å². The molecule has 8 unspecified atom stereocenters. The van der Waals surface area contributed by atoms with Gasteiger partial charge in [-0.2, -0.15) is 0 Å². The van der Waals surface area contributed by atoms with E-state index in [4.69, 9.17) is 14.2 Å². The molecule has 0 aliphatic carbocycles. The Morgan fingerprint density at radius 1 is 0.459 bits per heavy atom. The fraction of sp³-hybridized carbons (Fsp3) is 0.892. The predicted octanol–water partition coefficient (Wildman–Crippen LogP) is 19.0. The number of rotatable bonds is 64. The Labute approximate surface area is 523 Å². The lowest BCUT2D eigenvalue weighted by atomic mass is 9.99. The maximum absolute atomic E-state index is 13.5. The van der Waals surface area contributed by atoms with Crippen LogP contribution in [-0.2, 0) is 23.8 Å². The molecule has 11 heteroatoms. The van der Waals surface area contributed by atoms with Gasteiger partial charge in [-0.05, 0) is 57.8 Å². The third-order valence-corrected chi connectivity index (χ3v) is 17.5. The summed E-state index contributed by atoms with van der Waals surface area (Å²) in [6, 6.07) is -1.02. The number of carbonyl (C=O) groups is 2. The molecule has 0 aromatic rings. The Kier molecular flexibility index (Phi) is 59.1. The van der Waals surface area contributed by atoms with Crippen LogP contribution < -0.4 is 5.32 Å². The molecule has 0 bridgehead atoms. The van der Waals surface area contributed by atoms with Crippen molar-refractivity contribution in [3.8, 4) is 0 Å². The van der Waals surface area contributed by atoms with Crippen LogP contribution in [0.1, 0.15) is 361 Å². The van der Waals surface area contributed by atoms with Gasteiger partial charge in [0, 0.05) is 6.42 Å². The molecule has 0 saturated carbocycles. The first-order valence-corrected chi connectivity index (χ1v) is 36.8. The topological polar surface area (TPSA) is 175 Å². The number of ether oxygens (including phenoxy) is 3. The van der Waals surface area contributed by atoms with Gasteiger partial charge in [-0.25, -0.2) is 0 Å². The fourth-order valence-electron chi connectivity index (χ4n) is 11.7. The standard InChI is InChI=1S/C74H139NO10/c1-4-7-10-13-16-19-22-25-27-29-31-32-33-34-35-36-37-39-41-44-47-50-53-56-59-62-69(79)85-72-71(81)70(80)68(63-76)84-74(72)83-64-65(66(77)60-57-54-51-48-45-42-24-21-18-15-12-9-6-3)75-73(82)67(78)61-58-55-52-49-46-43-40-38-30-28-26-23-20-17-14-11-8-5-2/h16,19,25,27,57,60,65-68,70-72,74,76-78,80-81H,4-15,17-18,20-24,26,28-56,58-59,61-64H2,1-3H3,(H,75,82)/b19-16-,27-25-,60-57+. The van der Waals surface area contributed by atoms with E-state index in [9.17, 15) is 35.1 Å². The molecule has 0 spiro atoms. The molecule has 11 nitrogen and oxygen atoms in total. The number of hydrogen-bond acceptors (Lipinski definition) is 10. The molecule has 0 aromatic heterocycles. The molecule has 6 N–H and O–H groups in total. The summed E-state index contributed by atoms with van der Waals surface area (Å²) < 4.78 is 17.7. The summed E-state index contributed by atoms with van der Waals surface area (Å²) in [5, 5.41) is 57.3. The third-order valence-electron chi connectivity index (χ3n) is 17.5. The van der Waals surface area contributed by atoms with Crippen molar-refractivity contribution < 1.29 is 49.3 Å². The van der Waals surface area contributed by atoms with Crippen molar-refractivity contribution in [3.05, 3.63) is 36.5 Å². The van der Waals surface area contributed by atoms with Crippen molar-refractivity contribution >= 4 is 11.9 Å². The van der Waals surface area contributed by atoms with Crippen LogP contribution in [0, 0.1) is 0 Å². The van der Waals surface area contributed by atoms with Gasteiger partial charge < -0.3 is 45.1 Å². The van der Waals surface area contributed by atoms with Gasteiger partial charge >= 0.3 is 5.97 Å². The van der Waals surface area contributed by atoms with Gasteiger partial charge in [0.15, 0.2) is 12.4 Å². The van der Waals surface area contributed by atoms with Crippen LogP contribution in [0.5, 0.6) is 0 Å². The van der Waals surface area contributed by atoms with Crippen molar-refractivity contribution in [1.29, 1.82) is 0 Å². The van der Waals surface area contributed by atoms with Gasteiger partial charge in [0.25, 0.3) is 0 Å². The van der Waals surface area contributed by atoms with E-state index in [1.165, 1.54) is 250 Å². The monoisotopic (exact) mass is 1200 g/mol.